The molecule has 0 aliphatic rings. The van der Waals surface area contributed by atoms with Crippen molar-refractivity contribution in [1.29, 1.82) is 0 Å². The van der Waals surface area contributed by atoms with Gasteiger partial charge in [0.25, 0.3) is 0 Å². The zero-order chi connectivity index (χ0) is 12.8. The van der Waals surface area contributed by atoms with Crippen LogP contribution in [0.1, 0.15) is 30.0 Å². The first-order valence-corrected chi connectivity index (χ1v) is 5.58. The molecule has 0 aliphatic heterocycles. The molecule has 0 saturated heterocycles. The highest BCUT2D eigenvalue weighted by atomic mass is 16.4. The van der Waals surface area contributed by atoms with E-state index in [1.165, 1.54) is 6.07 Å². The highest BCUT2D eigenvalue weighted by Gasteiger charge is 2.09. The Balaban J connectivity index is 2.47. The van der Waals surface area contributed by atoms with Crippen molar-refractivity contribution in [3.63, 3.8) is 0 Å². The smallest absolute Gasteiger partial charge is 0.354 e. The van der Waals surface area contributed by atoms with Crippen LogP contribution in [0, 0.1) is 5.92 Å². The molecule has 1 aromatic heterocycles. The molecular formula is C12H18N2O3. The van der Waals surface area contributed by atoms with Gasteiger partial charge in [0.05, 0.1) is 11.8 Å². The van der Waals surface area contributed by atoms with Gasteiger partial charge in [-0.3, -0.25) is 0 Å². The number of pyridine rings is 1. The van der Waals surface area contributed by atoms with Gasteiger partial charge in [-0.1, -0.05) is 19.9 Å². The first-order chi connectivity index (χ1) is 8.00. The van der Waals surface area contributed by atoms with Crippen LogP contribution in [0.5, 0.6) is 0 Å². The highest BCUT2D eigenvalue weighted by molar-refractivity contribution is 5.85. The third-order valence-electron chi connectivity index (χ3n) is 2.46. The number of rotatable bonds is 6. The van der Waals surface area contributed by atoms with E-state index in [4.69, 9.17) is 5.11 Å². The predicted octanol–water partition coefficient (Wildman–Crippen LogP) is 0.886. The van der Waals surface area contributed by atoms with Gasteiger partial charge < -0.3 is 15.5 Å². The second-order valence-electron chi connectivity index (χ2n) is 4.26. The first kappa shape index (κ1) is 13.6. The number of nitrogens with zero attached hydrogens (tertiary/aromatic N) is 1. The Morgan fingerprint density at radius 1 is 1.47 bits per heavy atom. The number of aliphatic hydroxyl groups is 1. The van der Waals surface area contributed by atoms with Crippen molar-refractivity contribution < 1.29 is 15.0 Å². The molecule has 0 spiro atoms. The number of nitrogens with one attached hydrogen (secondary N) is 1. The van der Waals surface area contributed by atoms with Crippen LogP contribution in [0.3, 0.4) is 0 Å². The molecule has 1 unspecified atom stereocenters. The van der Waals surface area contributed by atoms with Gasteiger partial charge in [-0.2, -0.15) is 0 Å². The summed E-state index contributed by atoms with van der Waals surface area (Å²) in [6.07, 6.45) is -0.405. The summed E-state index contributed by atoms with van der Waals surface area (Å²) in [5, 5.41) is 21.4. The van der Waals surface area contributed by atoms with Crippen LogP contribution < -0.4 is 5.32 Å². The Morgan fingerprint density at radius 3 is 2.76 bits per heavy atom. The van der Waals surface area contributed by atoms with E-state index in [0.29, 0.717) is 18.8 Å². The Labute approximate surface area is 101 Å². The minimum absolute atomic E-state index is 0.0358. The maximum Gasteiger partial charge on any atom is 0.354 e. The highest BCUT2D eigenvalue weighted by Crippen LogP contribution is 2.01. The van der Waals surface area contributed by atoms with Crippen LogP contribution in [0.2, 0.25) is 0 Å². The molecule has 1 heterocycles. The average molecular weight is 238 g/mol. The molecule has 1 rings (SSSR count). The molecule has 5 nitrogen and oxygen atoms in total. The second kappa shape index (κ2) is 6.32. The Morgan fingerprint density at radius 2 is 2.18 bits per heavy atom. The summed E-state index contributed by atoms with van der Waals surface area (Å²) in [5.74, 6) is -0.838. The minimum Gasteiger partial charge on any atom is -0.477 e. The van der Waals surface area contributed by atoms with Crippen LogP contribution in [-0.2, 0) is 6.54 Å². The van der Waals surface area contributed by atoms with Crippen LogP contribution in [-0.4, -0.2) is 33.8 Å². The summed E-state index contributed by atoms with van der Waals surface area (Å²) >= 11 is 0. The largest absolute Gasteiger partial charge is 0.477 e. The molecule has 0 bridgehead atoms. The van der Waals surface area contributed by atoms with Crippen molar-refractivity contribution in [2.24, 2.45) is 5.92 Å². The monoisotopic (exact) mass is 238 g/mol. The van der Waals surface area contributed by atoms with Crippen molar-refractivity contribution in [2.45, 2.75) is 26.5 Å². The number of carbonyl (C=O) groups is 1. The summed E-state index contributed by atoms with van der Waals surface area (Å²) in [5.41, 5.74) is 0.689. The second-order valence-corrected chi connectivity index (χ2v) is 4.26. The van der Waals surface area contributed by atoms with Crippen molar-refractivity contribution in [2.75, 3.05) is 6.54 Å². The number of hydrogen-bond acceptors (Lipinski definition) is 4. The van der Waals surface area contributed by atoms with Gasteiger partial charge in [-0.25, -0.2) is 9.78 Å². The molecule has 1 aromatic rings. The van der Waals surface area contributed by atoms with Gasteiger partial charge in [0, 0.05) is 13.1 Å². The zero-order valence-electron chi connectivity index (χ0n) is 10.1. The van der Waals surface area contributed by atoms with E-state index in [1.807, 2.05) is 13.8 Å². The maximum absolute atomic E-state index is 10.7. The fourth-order valence-electron chi connectivity index (χ4n) is 1.28. The number of aromatic carboxylic acids is 1. The van der Waals surface area contributed by atoms with Crippen LogP contribution >= 0.6 is 0 Å². The fraction of sp³-hybridized carbons (Fsp3) is 0.500. The van der Waals surface area contributed by atoms with Crippen LogP contribution in [0.4, 0.5) is 0 Å². The zero-order valence-corrected chi connectivity index (χ0v) is 10.1. The third-order valence-corrected chi connectivity index (χ3v) is 2.46. The number of hydrogen-bond donors (Lipinski definition) is 3. The molecule has 0 radical (unpaired) electrons. The quantitative estimate of drug-likeness (QED) is 0.685. The maximum atomic E-state index is 10.7. The molecule has 0 aromatic carbocycles. The van der Waals surface area contributed by atoms with Gasteiger partial charge in [0.15, 0.2) is 0 Å². The van der Waals surface area contributed by atoms with Gasteiger partial charge in [0.1, 0.15) is 5.69 Å². The topological polar surface area (TPSA) is 82.5 Å². The van der Waals surface area contributed by atoms with Gasteiger partial charge in [-0.15, -0.1) is 0 Å². The molecule has 3 N–H and O–H groups in total. The van der Waals surface area contributed by atoms with Crippen molar-refractivity contribution in [3.8, 4) is 0 Å². The van der Waals surface area contributed by atoms with Gasteiger partial charge in [-0.05, 0) is 18.1 Å². The SMILES string of the molecule is CC(C)C(O)CNCc1cccc(C(=O)O)n1. The summed E-state index contributed by atoms with van der Waals surface area (Å²) in [7, 11) is 0. The summed E-state index contributed by atoms with van der Waals surface area (Å²) in [6, 6.07) is 4.86. The lowest BCUT2D eigenvalue weighted by Gasteiger charge is -2.14. The first-order valence-electron chi connectivity index (χ1n) is 5.58. The van der Waals surface area contributed by atoms with Crippen molar-refractivity contribution >= 4 is 5.97 Å². The number of aliphatic hydroxyl groups excluding tert-OH is 1. The predicted molar refractivity (Wildman–Crippen MR) is 63.7 cm³/mol. The Bertz CT molecular complexity index is 380. The summed E-state index contributed by atoms with van der Waals surface area (Å²) in [6.45, 7) is 4.80. The van der Waals surface area contributed by atoms with E-state index < -0.39 is 12.1 Å². The van der Waals surface area contributed by atoms with E-state index in [9.17, 15) is 9.90 Å². The van der Waals surface area contributed by atoms with E-state index >= 15 is 0 Å². The van der Waals surface area contributed by atoms with Gasteiger partial charge in [0.2, 0.25) is 0 Å². The van der Waals surface area contributed by atoms with Crippen molar-refractivity contribution in [3.05, 3.63) is 29.6 Å². The molecular weight excluding hydrogens is 220 g/mol. The Kier molecular flexibility index (Phi) is 5.06. The van der Waals surface area contributed by atoms with E-state index in [-0.39, 0.29) is 11.6 Å². The van der Waals surface area contributed by atoms with Crippen LogP contribution in [0.15, 0.2) is 18.2 Å². The summed E-state index contributed by atoms with van der Waals surface area (Å²) in [4.78, 5) is 14.7. The lowest BCUT2D eigenvalue weighted by atomic mass is 10.1. The van der Waals surface area contributed by atoms with E-state index in [1.54, 1.807) is 12.1 Å². The van der Waals surface area contributed by atoms with E-state index in [0.717, 1.165) is 0 Å². The molecule has 17 heavy (non-hydrogen) atoms. The molecule has 0 aliphatic carbocycles. The van der Waals surface area contributed by atoms with Crippen molar-refractivity contribution in [1.82, 2.24) is 10.3 Å². The minimum atomic E-state index is -1.03. The number of aromatic nitrogens is 1. The molecule has 5 heteroatoms. The standard InChI is InChI=1S/C12H18N2O3/c1-8(2)11(15)7-13-6-9-4-3-5-10(14-9)12(16)17/h3-5,8,11,13,15H,6-7H2,1-2H3,(H,16,17). The molecule has 94 valence electrons. The normalized spacial score (nSPS) is 12.7. The fourth-order valence-corrected chi connectivity index (χ4v) is 1.28. The van der Waals surface area contributed by atoms with Gasteiger partial charge >= 0.3 is 5.97 Å². The number of carboxylic acid groups (broad SMARTS) is 1. The molecule has 0 amide bonds. The van der Waals surface area contributed by atoms with E-state index in [2.05, 4.69) is 10.3 Å². The Hall–Kier alpha value is -1.46. The summed E-state index contributed by atoms with van der Waals surface area (Å²) < 4.78 is 0. The molecule has 0 fully saturated rings. The molecule has 1 atom stereocenters. The molecule has 0 saturated carbocycles. The van der Waals surface area contributed by atoms with Crippen LogP contribution in [0.25, 0.3) is 0 Å². The average Bonchev–Trinajstić information content (AvgIpc) is 2.29. The third kappa shape index (κ3) is 4.50. The lowest BCUT2D eigenvalue weighted by Crippen LogP contribution is -2.30. The lowest BCUT2D eigenvalue weighted by molar-refractivity contribution is 0.0690. The number of carboxylic acids is 1.